The van der Waals surface area contributed by atoms with Crippen LogP contribution in [0, 0.1) is 11.8 Å². The molecule has 1 amide bonds. The number of rotatable bonds is 8. The summed E-state index contributed by atoms with van der Waals surface area (Å²) in [7, 11) is 0. The van der Waals surface area contributed by atoms with Gasteiger partial charge in [-0.15, -0.1) is 0 Å². The minimum atomic E-state index is -1.02. The number of aliphatic hydroxyl groups excluding tert-OH is 1. The molecule has 6 nitrogen and oxygen atoms in total. The number of amides is 1. The molecule has 0 saturated carbocycles. The van der Waals surface area contributed by atoms with Crippen molar-refractivity contribution >= 4 is 18.5 Å². The third-order valence-electron chi connectivity index (χ3n) is 5.51. The molecule has 22 heavy (non-hydrogen) atoms. The van der Waals surface area contributed by atoms with Crippen LogP contribution in [0.4, 0.5) is 0 Å². The first-order chi connectivity index (χ1) is 10.4. The van der Waals surface area contributed by atoms with Crippen molar-refractivity contribution in [1.82, 2.24) is 5.32 Å². The van der Waals surface area contributed by atoms with Gasteiger partial charge in [0.05, 0.1) is 18.1 Å². The van der Waals surface area contributed by atoms with Crippen molar-refractivity contribution in [2.45, 2.75) is 69.8 Å². The summed E-state index contributed by atoms with van der Waals surface area (Å²) in [6, 6.07) is 0. The number of carbonyl (C=O) groups is 3. The number of nitrogens with one attached hydrogen (secondary N) is 1. The Bertz CT molecular complexity index is 467. The van der Waals surface area contributed by atoms with E-state index in [1.165, 1.54) is 0 Å². The van der Waals surface area contributed by atoms with E-state index in [0.29, 0.717) is 25.7 Å². The van der Waals surface area contributed by atoms with Crippen molar-refractivity contribution in [3.05, 3.63) is 0 Å². The lowest BCUT2D eigenvalue weighted by molar-refractivity contribution is -0.297. The highest BCUT2D eigenvalue weighted by Crippen LogP contribution is 2.55. The van der Waals surface area contributed by atoms with E-state index in [0.717, 1.165) is 12.6 Å². The molecule has 2 aliphatic rings. The van der Waals surface area contributed by atoms with Gasteiger partial charge in [-0.1, -0.05) is 6.92 Å². The molecule has 2 rings (SSSR count). The van der Waals surface area contributed by atoms with Crippen LogP contribution in [0.1, 0.15) is 46.5 Å². The molecule has 2 fully saturated rings. The Morgan fingerprint density at radius 3 is 2.64 bits per heavy atom. The first-order valence-corrected chi connectivity index (χ1v) is 7.95. The molecule has 0 aromatic rings. The van der Waals surface area contributed by atoms with Crippen LogP contribution in [0.3, 0.4) is 0 Å². The average Bonchev–Trinajstić information content (AvgIpc) is 2.66. The molecule has 0 aromatic heterocycles. The zero-order chi connectivity index (χ0) is 16.5. The maximum Gasteiger partial charge on any atom is 0.226 e. The Morgan fingerprint density at radius 2 is 2.14 bits per heavy atom. The van der Waals surface area contributed by atoms with Crippen molar-refractivity contribution in [3.63, 3.8) is 0 Å². The van der Waals surface area contributed by atoms with E-state index in [9.17, 15) is 19.5 Å². The lowest BCUT2D eigenvalue weighted by Crippen LogP contribution is -2.81. The average molecular weight is 311 g/mol. The summed E-state index contributed by atoms with van der Waals surface area (Å²) < 4.78 is 5.85. The molecule has 6 atom stereocenters. The maximum absolute atomic E-state index is 12.3. The fourth-order valence-corrected chi connectivity index (χ4v) is 4.30. The molecule has 0 radical (unpaired) electrons. The van der Waals surface area contributed by atoms with Crippen LogP contribution in [0.25, 0.3) is 0 Å². The SMILES string of the molecule is CCC1C(=O)NC2(C(O)C(C=O)CCCC=O)C(C)OC12C. The van der Waals surface area contributed by atoms with E-state index in [4.69, 9.17) is 4.74 Å². The normalized spacial score (nSPS) is 39.4. The second kappa shape index (κ2) is 6.08. The Balaban J connectivity index is 2.25. The lowest BCUT2D eigenvalue weighted by atomic mass is 9.62. The van der Waals surface area contributed by atoms with Gasteiger partial charge in [-0.2, -0.15) is 0 Å². The van der Waals surface area contributed by atoms with E-state index in [2.05, 4.69) is 5.32 Å². The molecule has 2 aliphatic heterocycles. The molecular weight excluding hydrogens is 286 g/mol. The molecule has 124 valence electrons. The van der Waals surface area contributed by atoms with Crippen LogP contribution in [-0.4, -0.2) is 46.9 Å². The molecule has 6 heteroatoms. The van der Waals surface area contributed by atoms with Gasteiger partial charge in [0, 0.05) is 12.3 Å². The van der Waals surface area contributed by atoms with E-state index in [-0.39, 0.29) is 17.9 Å². The molecule has 0 bridgehead atoms. The largest absolute Gasteiger partial charge is 0.390 e. The van der Waals surface area contributed by atoms with Gasteiger partial charge in [-0.05, 0) is 33.1 Å². The smallest absolute Gasteiger partial charge is 0.226 e. The summed E-state index contributed by atoms with van der Waals surface area (Å²) in [5.74, 6) is -1.09. The minimum Gasteiger partial charge on any atom is -0.390 e. The zero-order valence-electron chi connectivity index (χ0n) is 13.4. The standard InChI is InChI=1S/C16H25NO5/c1-4-12-14(21)17-16(10(2)22-15(12,16)3)13(20)11(9-19)7-5-6-8-18/h8-13,20H,4-7H2,1-3H3,(H,17,21). The number of ether oxygens (including phenoxy) is 1. The summed E-state index contributed by atoms with van der Waals surface area (Å²) in [4.78, 5) is 34.1. The summed E-state index contributed by atoms with van der Waals surface area (Å²) in [5.41, 5.74) is -1.74. The van der Waals surface area contributed by atoms with Crippen LogP contribution in [0.5, 0.6) is 0 Å². The topological polar surface area (TPSA) is 92.7 Å². The first kappa shape index (κ1) is 17.1. The van der Waals surface area contributed by atoms with Crippen molar-refractivity contribution in [3.8, 4) is 0 Å². The Labute approximate surface area is 130 Å². The number of aliphatic hydroxyl groups is 1. The highest BCUT2D eigenvalue weighted by molar-refractivity contribution is 5.86. The number of hydrogen-bond acceptors (Lipinski definition) is 5. The lowest BCUT2D eigenvalue weighted by Gasteiger charge is -2.61. The molecule has 2 saturated heterocycles. The number of unbranched alkanes of at least 4 members (excludes halogenated alkanes) is 1. The van der Waals surface area contributed by atoms with Gasteiger partial charge in [0.25, 0.3) is 0 Å². The van der Waals surface area contributed by atoms with Crippen LogP contribution < -0.4 is 5.32 Å². The highest BCUT2D eigenvalue weighted by atomic mass is 16.6. The quantitative estimate of drug-likeness (QED) is 0.506. The number of fused-ring (bicyclic) bond motifs is 1. The number of carbonyl (C=O) groups excluding carboxylic acids is 3. The Hall–Kier alpha value is -1.27. The molecular formula is C16H25NO5. The van der Waals surface area contributed by atoms with Crippen molar-refractivity contribution in [2.24, 2.45) is 11.8 Å². The van der Waals surface area contributed by atoms with Gasteiger partial charge >= 0.3 is 0 Å². The van der Waals surface area contributed by atoms with Gasteiger partial charge in [-0.3, -0.25) is 4.79 Å². The zero-order valence-corrected chi connectivity index (χ0v) is 13.4. The molecule has 0 spiro atoms. The van der Waals surface area contributed by atoms with E-state index < -0.39 is 23.2 Å². The predicted octanol–water partition coefficient (Wildman–Crippen LogP) is 0.604. The van der Waals surface area contributed by atoms with E-state index >= 15 is 0 Å². The first-order valence-electron chi connectivity index (χ1n) is 7.95. The van der Waals surface area contributed by atoms with Crippen molar-refractivity contribution in [1.29, 1.82) is 0 Å². The van der Waals surface area contributed by atoms with Crippen molar-refractivity contribution < 1.29 is 24.2 Å². The summed E-state index contributed by atoms with van der Waals surface area (Å²) in [6.45, 7) is 5.54. The van der Waals surface area contributed by atoms with Gasteiger partial charge in [0.1, 0.15) is 23.7 Å². The second-order valence-corrected chi connectivity index (χ2v) is 6.53. The third kappa shape index (κ3) is 2.12. The molecule has 0 aliphatic carbocycles. The van der Waals surface area contributed by atoms with Gasteiger partial charge in [0.2, 0.25) is 5.91 Å². The van der Waals surface area contributed by atoms with Gasteiger partial charge in [0.15, 0.2) is 0 Å². The molecule has 2 N–H and O–H groups in total. The van der Waals surface area contributed by atoms with Crippen LogP contribution in [-0.2, 0) is 19.1 Å². The minimum absolute atomic E-state index is 0.133. The molecule has 2 heterocycles. The molecule has 0 aromatic carbocycles. The van der Waals surface area contributed by atoms with Crippen LogP contribution >= 0.6 is 0 Å². The fraction of sp³-hybridized carbons (Fsp3) is 0.812. The highest BCUT2D eigenvalue weighted by Gasteiger charge is 2.75. The summed E-state index contributed by atoms with van der Waals surface area (Å²) in [6.07, 6.45) is 2.07. The second-order valence-electron chi connectivity index (χ2n) is 6.53. The molecule has 6 unspecified atom stereocenters. The third-order valence-corrected chi connectivity index (χ3v) is 5.51. The number of hydrogen-bond donors (Lipinski definition) is 2. The van der Waals surface area contributed by atoms with E-state index in [1.54, 1.807) is 6.92 Å². The van der Waals surface area contributed by atoms with Crippen molar-refractivity contribution in [2.75, 3.05) is 0 Å². The monoisotopic (exact) mass is 311 g/mol. The van der Waals surface area contributed by atoms with Crippen LogP contribution in [0.2, 0.25) is 0 Å². The summed E-state index contributed by atoms with van der Waals surface area (Å²) in [5, 5.41) is 13.8. The predicted molar refractivity (Wildman–Crippen MR) is 79.1 cm³/mol. The Morgan fingerprint density at radius 1 is 1.45 bits per heavy atom. The summed E-state index contributed by atoms with van der Waals surface area (Å²) >= 11 is 0. The Kier molecular flexibility index (Phi) is 4.73. The fourth-order valence-electron chi connectivity index (χ4n) is 4.30. The van der Waals surface area contributed by atoms with E-state index in [1.807, 2.05) is 13.8 Å². The maximum atomic E-state index is 12.3. The van der Waals surface area contributed by atoms with Crippen LogP contribution in [0.15, 0.2) is 0 Å². The van der Waals surface area contributed by atoms with Gasteiger partial charge < -0.3 is 24.7 Å². The number of aldehydes is 2. The van der Waals surface area contributed by atoms with Gasteiger partial charge in [-0.25, -0.2) is 0 Å².